The molecule has 1 aliphatic carbocycles. The van der Waals surface area contributed by atoms with Crippen molar-refractivity contribution in [2.24, 2.45) is 5.92 Å². The van der Waals surface area contributed by atoms with Crippen LogP contribution in [0.4, 0.5) is 4.79 Å². The summed E-state index contributed by atoms with van der Waals surface area (Å²) in [7, 11) is -0.105. The minimum absolute atomic E-state index is 0.0133. The van der Waals surface area contributed by atoms with Crippen LogP contribution < -0.4 is 5.32 Å². The molecule has 1 N–H and O–H groups in total. The van der Waals surface area contributed by atoms with Crippen molar-refractivity contribution in [3.63, 3.8) is 0 Å². The molecule has 0 unspecified atom stereocenters. The fourth-order valence-electron chi connectivity index (χ4n) is 2.74. The summed E-state index contributed by atoms with van der Waals surface area (Å²) in [6.07, 6.45) is 1.81. The van der Waals surface area contributed by atoms with E-state index in [-0.39, 0.29) is 24.3 Å². The minimum Gasteiger partial charge on any atom is -0.445 e. The predicted molar refractivity (Wildman–Crippen MR) is 88.4 cm³/mol. The average molecular weight is 340 g/mol. The first kappa shape index (κ1) is 17.7. The van der Waals surface area contributed by atoms with Gasteiger partial charge in [0.2, 0.25) is 10.0 Å². The van der Waals surface area contributed by atoms with Crippen molar-refractivity contribution in [3.8, 4) is 0 Å². The van der Waals surface area contributed by atoms with Crippen LogP contribution in [0.15, 0.2) is 30.3 Å². The van der Waals surface area contributed by atoms with E-state index in [0.29, 0.717) is 6.42 Å². The fourth-order valence-corrected chi connectivity index (χ4v) is 3.93. The van der Waals surface area contributed by atoms with Crippen molar-refractivity contribution < 1.29 is 17.9 Å². The highest BCUT2D eigenvalue weighted by Crippen LogP contribution is 2.27. The molecule has 6 nitrogen and oxygen atoms in total. The van der Waals surface area contributed by atoms with E-state index in [9.17, 15) is 13.2 Å². The Morgan fingerprint density at radius 3 is 2.61 bits per heavy atom. The fraction of sp³-hybridized carbons (Fsp3) is 0.562. The molecule has 0 aliphatic heterocycles. The van der Waals surface area contributed by atoms with E-state index >= 15 is 0 Å². The molecule has 0 spiro atoms. The molecule has 0 aromatic heterocycles. The Kier molecular flexibility index (Phi) is 6.01. The number of rotatable bonds is 6. The molecular weight excluding hydrogens is 316 g/mol. The van der Waals surface area contributed by atoms with Gasteiger partial charge in [0.05, 0.1) is 5.75 Å². The van der Waals surface area contributed by atoms with Crippen LogP contribution in [0.2, 0.25) is 0 Å². The Hall–Kier alpha value is -1.60. The van der Waals surface area contributed by atoms with Crippen LogP contribution in [0.3, 0.4) is 0 Å². The number of carbonyl (C=O) groups is 1. The molecular formula is C16H24N2O4S. The third-order valence-corrected chi connectivity index (χ3v) is 6.08. The number of hydrogen-bond donors (Lipinski definition) is 1. The van der Waals surface area contributed by atoms with E-state index in [1.807, 2.05) is 30.3 Å². The maximum atomic E-state index is 11.9. The van der Waals surface area contributed by atoms with E-state index in [0.717, 1.165) is 18.4 Å². The summed E-state index contributed by atoms with van der Waals surface area (Å²) in [5.41, 5.74) is 0.934. The third-order valence-electron chi connectivity index (χ3n) is 4.08. The Morgan fingerprint density at radius 1 is 1.26 bits per heavy atom. The second-order valence-electron chi connectivity index (χ2n) is 6.14. The number of sulfonamides is 1. The molecule has 128 valence electrons. The zero-order valence-corrected chi connectivity index (χ0v) is 14.4. The van der Waals surface area contributed by atoms with Gasteiger partial charge in [0.1, 0.15) is 6.61 Å². The molecule has 0 saturated heterocycles. The summed E-state index contributed by atoms with van der Waals surface area (Å²) in [6, 6.07) is 9.47. The van der Waals surface area contributed by atoms with Gasteiger partial charge in [-0.1, -0.05) is 30.3 Å². The maximum absolute atomic E-state index is 11.9. The Bertz CT molecular complexity index is 616. The van der Waals surface area contributed by atoms with E-state index in [2.05, 4.69) is 5.32 Å². The van der Waals surface area contributed by atoms with Crippen molar-refractivity contribution in [1.82, 2.24) is 9.62 Å². The van der Waals surface area contributed by atoms with Gasteiger partial charge in [0.15, 0.2) is 0 Å². The average Bonchev–Trinajstić information content (AvgIpc) is 2.92. The molecule has 1 aromatic rings. The highest BCUT2D eigenvalue weighted by atomic mass is 32.2. The lowest BCUT2D eigenvalue weighted by atomic mass is 10.1. The molecule has 1 saturated carbocycles. The van der Waals surface area contributed by atoms with Crippen LogP contribution in [0.5, 0.6) is 0 Å². The van der Waals surface area contributed by atoms with Crippen LogP contribution in [0.25, 0.3) is 0 Å². The first-order valence-electron chi connectivity index (χ1n) is 7.74. The number of nitrogens with zero attached hydrogens (tertiary/aromatic N) is 1. The number of hydrogen-bond acceptors (Lipinski definition) is 4. The number of benzene rings is 1. The lowest BCUT2D eigenvalue weighted by Gasteiger charge is -2.16. The van der Waals surface area contributed by atoms with Crippen LogP contribution in [0.1, 0.15) is 24.8 Å². The van der Waals surface area contributed by atoms with Gasteiger partial charge >= 0.3 is 6.09 Å². The standard InChI is InChI=1S/C16H24N2O4S/c1-18(2)23(20,21)12-14-8-9-15(10-14)17-16(19)22-11-13-6-4-3-5-7-13/h3-7,14-15H,8-12H2,1-2H3,(H,17,19)/t14-,15+/m1/s1. The Labute approximate surface area is 137 Å². The Morgan fingerprint density at radius 2 is 1.96 bits per heavy atom. The van der Waals surface area contributed by atoms with Gasteiger partial charge in [0.25, 0.3) is 0 Å². The maximum Gasteiger partial charge on any atom is 0.407 e. The summed E-state index contributed by atoms with van der Waals surface area (Å²) < 4.78 is 30.2. The van der Waals surface area contributed by atoms with E-state index in [1.165, 1.54) is 4.31 Å². The molecule has 23 heavy (non-hydrogen) atoms. The third kappa shape index (κ3) is 5.51. The molecule has 1 amide bonds. The van der Waals surface area contributed by atoms with Gasteiger partial charge < -0.3 is 10.1 Å². The molecule has 1 aliphatic rings. The molecule has 7 heteroatoms. The highest BCUT2D eigenvalue weighted by molar-refractivity contribution is 7.89. The summed E-state index contributed by atoms with van der Waals surface area (Å²) in [5.74, 6) is 0.221. The summed E-state index contributed by atoms with van der Waals surface area (Å²) in [6.45, 7) is 0.234. The van der Waals surface area contributed by atoms with Gasteiger partial charge in [-0.05, 0) is 30.7 Å². The first-order valence-corrected chi connectivity index (χ1v) is 9.35. The van der Waals surface area contributed by atoms with Crippen LogP contribution in [-0.4, -0.2) is 44.7 Å². The van der Waals surface area contributed by atoms with Crippen molar-refractivity contribution in [3.05, 3.63) is 35.9 Å². The number of nitrogens with one attached hydrogen (secondary N) is 1. The monoisotopic (exact) mass is 340 g/mol. The lowest BCUT2D eigenvalue weighted by molar-refractivity contribution is 0.135. The van der Waals surface area contributed by atoms with Crippen LogP contribution in [0, 0.1) is 5.92 Å². The minimum atomic E-state index is -3.19. The van der Waals surface area contributed by atoms with Crippen molar-refractivity contribution in [2.75, 3.05) is 19.8 Å². The van der Waals surface area contributed by atoms with E-state index in [1.54, 1.807) is 14.1 Å². The van der Waals surface area contributed by atoms with Gasteiger partial charge in [-0.15, -0.1) is 0 Å². The second kappa shape index (κ2) is 7.79. The molecule has 0 heterocycles. The first-order chi connectivity index (χ1) is 10.9. The van der Waals surface area contributed by atoms with E-state index < -0.39 is 16.1 Å². The normalized spacial score (nSPS) is 21.3. The highest BCUT2D eigenvalue weighted by Gasteiger charge is 2.30. The van der Waals surface area contributed by atoms with Crippen LogP contribution in [-0.2, 0) is 21.4 Å². The largest absolute Gasteiger partial charge is 0.445 e. The summed E-state index contributed by atoms with van der Waals surface area (Å²) in [4.78, 5) is 11.8. The zero-order chi connectivity index (χ0) is 16.9. The quantitative estimate of drug-likeness (QED) is 0.859. The SMILES string of the molecule is CN(C)S(=O)(=O)C[C@@H]1CC[C@H](NC(=O)OCc2ccccc2)C1. The van der Waals surface area contributed by atoms with Gasteiger partial charge in [-0.2, -0.15) is 0 Å². The van der Waals surface area contributed by atoms with Gasteiger partial charge in [0, 0.05) is 20.1 Å². The van der Waals surface area contributed by atoms with E-state index in [4.69, 9.17) is 4.74 Å². The van der Waals surface area contributed by atoms with Crippen molar-refractivity contribution >= 4 is 16.1 Å². The van der Waals surface area contributed by atoms with Gasteiger partial charge in [-0.25, -0.2) is 17.5 Å². The molecule has 2 atom stereocenters. The topological polar surface area (TPSA) is 75.7 Å². The van der Waals surface area contributed by atoms with Gasteiger partial charge in [-0.3, -0.25) is 0 Å². The molecule has 1 aromatic carbocycles. The number of ether oxygens (including phenoxy) is 1. The lowest BCUT2D eigenvalue weighted by Crippen LogP contribution is -2.34. The molecule has 1 fully saturated rings. The summed E-state index contributed by atoms with van der Waals surface area (Å²) >= 11 is 0. The van der Waals surface area contributed by atoms with Crippen molar-refractivity contribution in [2.45, 2.75) is 31.9 Å². The van der Waals surface area contributed by atoms with Crippen molar-refractivity contribution in [1.29, 1.82) is 0 Å². The molecule has 0 radical (unpaired) electrons. The Balaban J connectivity index is 1.74. The van der Waals surface area contributed by atoms with Crippen LogP contribution >= 0.6 is 0 Å². The molecule has 2 rings (SSSR count). The zero-order valence-electron chi connectivity index (χ0n) is 13.6. The molecule has 0 bridgehead atoms. The predicted octanol–water partition coefficient (Wildman–Crippen LogP) is 1.97. The second-order valence-corrected chi connectivity index (χ2v) is 8.37. The summed E-state index contributed by atoms with van der Waals surface area (Å²) in [5, 5.41) is 2.82. The number of carbonyl (C=O) groups excluding carboxylic acids is 1. The smallest absolute Gasteiger partial charge is 0.407 e. The number of amides is 1. The number of alkyl carbamates (subject to hydrolysis) is 1.